The van der Waals surface area contributed by atoms with Gasteiger partial charge in [-0.2, -0.15) is 0 Å². The van der Waals surface area contributed by atoms with Crippen molar-refractivity contribution in [1.82, 2.24) is 0 Å². The second-order valence-corrected chi connectivity index (χ2v) is 37.2. The fourth-order valence-corrected chi connectivity index (χ4v) is 17.1. The molecule has 3 rings (SSSR count). The van der Waals surface area contributed by atoms with E-state index in [2.05, 4.69) is 168 Å². The van der Waals surface area contributed by atoms with E-state index in [1.807, 2.05) is 0 Å². The summed E-state index contributed by atoms with van der Waals surface area (Å²) in [5, 5.41) is 0. The Morgan fingerprint density at radius 3 is 0.650 bits per heavy atom. The van der Waals surface area contributed by atoms with Gasteiger partial charge in [0.25, 0.3) is 0 Å². The lowest BCUT2D eigenvalue weighted by atomic mass is 9.74. The Balaban J connectivity index is 2.28. The molecule has 0 saturated carbocycles. The molecule has 1 atom stereocenters. The SMILES string of the molecule is CCCCCCCCCOP(OCCCCCCCCC)Oc1cc(C)c(C(C)CC(c2cc(C(C)(C)C)c(OP(OCCCCCCCCC)OCCCCCCCCC)cc2C)c2cc(C(C)(C)C)c(OP(OCCCCCCCCC)OCCCCCCCCC)cc2C)cc1C(C)(C)C. The van der Waals surface area contributed by atoms with Crippen LogP contribution in [0.3, 0.4) is 0 Å². The van der Waals surface area contributed by atoms with E-state index in [0.717, 1.165) is 87.9 Å². The molecule has 0 bridgehead atoms. The largest absolute Gasteiger partial charge is 0.426 e. The number of hydrogen-bond acceptors (Lipinski definition) is 9. The molecule has 0 heterocycles. The molecule has 3 aromatic rings. The molecule has 0 aromatic heterocycles. The Labute approximate surface area is 641 Å². The lowest BCUT2D eigenvalue weighted by Crippen LogP contribution is -2.19. The highest BCUT2D eigenvalue weighted by Gasteiger charge is 2.34. The molecule has 0 aliphatic carbocycles. The molecule has 103 heavy (non-hydrogen) atoms. The fraction of sp³-hybridized carbons (Fsp3) is 0.802. The Morgan fingerprint density at radius 2 is 0.447 bits per heavy atom. The molecule has 0 aliphatic rings. The predicted octanol–water partition coefficient (Wildman–Crippen LogP) is 32.3. The Kier molecular flexibility index (Phi) is 52.9. The maximum absolute atomic E-state index is 7.18. The van der Waals surface area contributed by atoms with Crippen molar-refractivity contribution < 1.29 is 40.7 Å². The molecular weight excluding hydrogens is 1330 g/mol. The summed E-state index contributed by atoms with van der Waals surface area (Å²) < 4.78 is 61.6. The number of hydrogen-bond donors (Lipinski definition) is 0. The van der Waals surface area contributed by atoms with Crippen molar-refractivity contribution in [3.8, 4) is 17.2 Å². The minimum absolute atomic E-state index is 0.00559. The van der Waals surface area contributed by atoms with Crippen molar-refractivity contribution in [2.24, 2.45) is 0 Å². The maximum Gasteiger partial charge on any atom is 0.397 e. The average molecular weight is 1490 g/mol. The van der Waals surface area contributed by atoms with E-state index >= 15 is 0 Å². The van der Waals surface area contributed by atoms with Crippen LogP contribution in [0.15, 0.2) is 36.4 Å². The van der Waals surface area contributed by atoms with Crippen LogP contribution in [0.5, 0.6) is 17.2 Å². The molecule has 3 aromatic carbocycles. The van der Waals surface area contributed by atoms with Gasteiger partial charge in [-0.3, -0.25) is 0 Å². The minimum atomic E-state index is -1.64. The third-order valence-electron chi connectivity index (χ3n) is 20.6. The number of benzene rings is 3. The molecule has 0 fully saturated rings. The van der Waals surface area contributed by atoms with Crippen molar-refractivity contribution >= 4 is 25.8 Å². The van der Waals surface area contributed by atoms with Crippen LogP contribution in [0.4, 0.5) is 0 Å². The van der Waals surface area contributed by atoms with Crippen LogP contribution in [0.2, 0.25) is 0 Å². The summed E-state index contributed by atoms with van der Waals surface area (Å²) in [7, 11) is -4.88. The van der Waals surface area contributed by atoms with Crippen LogP contribution >= 0.6 is 25.8 Å². The normalized spacial score (nSPS) is 12.7. The zero-order valence-electron chi connectivity index (χ0n) is 70.8. The van der Waals surface area contributed by atoms with Gasteiger partial charge in [0.2, 0.25) is 0 Å². The molecule has 0 radical (unpaired) electrons. The van der Waals surface area contributed by atoms with Gasteiger partial charge in [-0.15, -0.1) is 0 Å². The number of rotatable bonds is 65. The monoisotopic (exact) mass is 1490 g/mol. The molecule has 1 unspecified atom stereocenters. The van der Waals surface area contributed by atoms with Gasteiger partial charge in [-0.25, -0.2) is 0 Å². The molecule has 9 nitrogen and oxygen atoms in total. The molecule has 596 valence electrons. The van der Waals surface area contributed by atoms with Crippen molar-refractivity contribution in [1.29, 1.82) is 0 Å². The lowest BCUT2D eigenvalue weighted by molar-refractivity contribution is 0.197. The van der Waals surface area contributed by atoms with Crippen molar-refractivity contribution in [3.05, 3.63) is 86.5 Å². The van der Waals surface area contributed by atoms with E-state index in [4.69, 9.17) is 40.7 Å². The van der Waals surface area contributed by atoms with Crippen molar-refractivity contribution in [2.45, 2.75) is 436 Å². The van der Waals surface area contributed by atoms with Crippen molar-refractivity contribution in [2.75, 3.05) is 39.6 Å². The quantitative estimate of drug-likeness (QED) is 0.0405. The minimum Gasteiger partial charge on any atom is -0.426 e. The van der Waals surface area contributed by atoms with Gasteiger partial charge in [0.05, 0.1) is 39.6 Å². The van der Waals surface area contributed by atoms with Crippen LogP contribution in [-0.2, 0) is 43.4 Å². The lowest BCUT2D eigenvalue weighted by Gasteiger charge is -2.33. The molecule has 12 heteroatoms. The first-order valence-corrected chi connectivity index (χ1v) is 46.5. The highest BCUT2D eigenvalue weighted by Crippen LogP contribution is 2.52. The third kappa shape index (κ3) is 41.6. The first-order chi connectivity index (χ1) is 49.5. The standard InChI is InChI=1S/C91H163O9P3/c1-20-26-32-38-44-50-56-62-92-101(93-63-57-51-45-39-33-27-21-2)98-86-69-76(8)79(72-83(86)89(11,12)13)75(7)68-82(80-73-84(90(14,15)16)87(70-77(80)9)99-102(94-64-58-52-46-40-34-28-22-3)95-65-59-53-47-41-35-29-23-4)81-74-85(91(17,18)19)88(71-78(81)10)100-103(96-66-60-54-48-42-36-30-24-5)97-67-61-55-49-43-37-31-25-6/h69-75,82H,20-68H2,1-19H3. The summed E-state index contributed by atoms with van der Waals surface area (Å²) in [5.41, 5.74) is 10.3. The van der Waals surface area contributed by atoms with Crippen molar-refractivity contribution in [3.63, 3.8) is 0 Å². The summed E-state index contributed by atoms with van der Waals surface area (Å²) >= 11 is 0. The third-order valence-corrected chi connectivity index (χ3v) is 24.0. The summed E-state index contributed by atoms with van der Waals surface area (Å²) in [4.78, 5) is 0. The predicted molar refractivity (Wildman–Crippen MR) is 451 cm³/mol. The van der Waals surface area contributed by atoms with E-state index < -0.39 is 25.8 Å². The summed E-state index contributed by atoms with van der Waals surface area (Å²) in [6.07, 6.45) is 52.5. The first-order valence-electron chi connectivity index (χ1n) is 43.2. The molecule has 0 spiro atoms. The van der Waals surface area contributed by atoms with E-state index in [1.165, 1.54) is 256 Å². The van der Waals surface area contributed by atoms with Crippen LogP contribution in [0, 0.1) is 20.8 Å². The number of aryl methyl sites for hydroxylation is 3. The fourth-order valence-electron chi connectivity index (χ4n) is 14.0. The highest BCUT2D eigenvalue weighted by molar-refractivity contribution is 7.42. The molecule has 0 aliphatic heterocycles. The van der Waals surface area contributed by atoms with Gasteiger partial charge in [0, 0.05) is 22.6 Å². The van der Waals surface area contributed by atoms with Crippen LogP contribution in [-0.4, -0.2) is 39.6 Å². The van der Waals surface area contributed by atoms with Gasteiger partial charge in [-0.05, 0) is 139 Å². The van der Waals surface area contributed by atoms with Gasteiger partial charge < -0.3 is 40.7 Å². The highest BCUT2D eigenvalue weighted by atomic mass is 31.2. The van der Waals surface area contributed by atoms with Gasteiger partial charge in [0.1, 0.15) is 17.2 Å². The smallest absolute Gasteiger partial charge is 0.397 e. The summed E-state index contributed by atoms with van der Waals surface area (Å²) in [6, 6.07) is 14.4. The first kappa shape index (κ1) is 95.3. The second kappa shape index (κ2) is 57.2. The average Bonchev–Trinajstić information content (AvgIpc) is 0.766. The van der Waals surface area contributed by atoms with Gasteiger partial charge >= 0.3 is 25.8 Å². The Morgan fingerprint density at radius 1 is 0.262 bits per heavy atom. The molecular formula is C91H163O9P3. The zero-order chi connectivity index (χ0) is 75.6. The Bertz CT molecular complexity index is 2400. The molecule has 0 N–H and O–H groups in total. The van der Waals surface area contributed by atoms with Gasteiger partial charge in [0.15, 0.2) is 0 Å². The molecule has 0 amide bonds. The van der Waals surface area contributed by atoms with Gasteiger partial charge in [-0.1, -0.05) is 360 Å². The molecule has 0 saturated heterocycles. The Hall–Kier alpha value is -1.89. The maximum atomic E-state index is 7.18. The second-order valence-electron chi connectivity index (χ2n) is 33.7. The van der Waals surface area contributed by atoms with Crippen LogP contribution < -0.4 is 13.6 Å². The number of unbranched alkanes of at least 4 members (excludes halogenated alkanes) is 36. The van der Waals surface area contributed by atoms with Crippen LogP contribution in [0.1, 0.15) is 449 Å². The summed E-state index contributed by atoms with van der Waals surface area (Å²) in [6.45, 7) is 47.9. The topological polar surface area (TPSA) is 83.1 Å². The van der Waals surface area contributed by atoms with E-state index in [9.17, 15) is 0 Å². The van der Waals surface area contributed by atoms with Crippen LogP contribution in [0.25, 0.3) is 0 Å². The van der Waals surface area contributed by atoms with E-state index in [0.29, 0.717) is 39.6 Å². The van der Waals surface area contributed by atoms with E-state index in [-0.39, 0.29) is 28.1 Å². The zero-order valence-corrected chi connectivity index (χ0v) is 73.5. The van der Waals surface area contributed by atoms with E-state index in [1.54, 1.807) is 0 Å². The summed E-state index contributed by atoms with van der Waals surface area (Å²) in [5.74, 6) is 2.74.